The van der Waals surface area contributed by atoms with Crippen molar-refractivity contribution in [3.05, 3.63) is 87.3 Å². The number of carbonyl (C=O) groups is 2. The molecule has 2 atom stereocenters. The van der Waals surface area contributed by atoms with Gasteiger partial charge in [0.1, 0.15) is 23.9 Å². The summed E-state index contributed by atoms with van der Waals surface area (Å²) in [7, 11) is -0.776. The minimum absolute atomic E-state index is 0.00586. The van der Waals surface area contributed by atoms with Crippen LogP contribution >= 0.6 is 0 Å². The molecule has 0 radical (unpaired) electrons. The van der Waals surface area contributed by atoms with E-state index in [2.05, 4.69) is 25.3 Å². The molecule has 7 rings (SSSR count). The van der Waals surface area contributed by atoms with E-state index in [0.29, 0.717) is 71.2 Å². The fraction of sp³-hybridized carbons (Fsp3) is 0.395. The van der Waals surface area contributed by atoms with E-state index in [1.54, 1.807) is 31.6 Å². The normalized spacial score (nSPS) is 16.2. The van der Waals surface area contributed by atoms with Gasteiger partial charge in [0.15, 0.2) is 27.2 Å². The summed E-state index contributed by atoms with van der Waals surface area (Å²) in [5, 5.41) is 7.54. The van der Waals surface area contributed by atoms with E-state index >= 15 is 4.39 Å². The summed E-state index contributed by atoms with van der Waals surface area (Å²) < 4.78 is 72.6. The van der Waals surface area contributed by atoms with E-state index in [9.17, 15) is 27.2 Å². The molecule has 296 valence electrons. The number of rotatable bonds is 12. The number of nitrogens with zero attached hydrogens (tertiary/aromatic N) is 5. The number of esters is 1. The molecule has 4 aromatic heterocycles. The third kappa shape index (κ3) is 7.62. The SMILES string of the molecule is COC(=O)C(c1cc(OCCN2CC[C@H](NC(=O)c3cc4c(cc3CS(C)(=O)=O)-c3cn(C)c(=O)c5[nH]cc(c35)CN4c3ncc(F)cc3F)C2)no1)C(C)C. The number of pyridine rings is 2. The molecule has 0 bridgehead atoms. The molecule has 5 aromatic rings. The number of H-pyrrole nitrogens is 1. The maximum atomic E-state index is 15.5. The van der Waals surface area contributed by atoms with Crippen molar-refractivity contribution < 1.29 is 40.8 Å². The number of nitrogens with one attached hydrogen (secondary N) is 2. The summed E-state index contributed by atoms with van der Waals surface area (Å²) in [6.45, 7) is 5.61. The number of aromatic nitrogens is 4. The molecule has 6 heterocycles. The summed E-state index contributed by atoms with van der Waals surface area (Å²) in [6.07, 6.45) is 5.80. The molecular weight excluding hydrogens is 753 g/mol. The Morgan fingerprint density at radius 2 is 1.95 bits per heavy atom. The van der Waals surface area contributed by atoms with Crippen molar-refractivity contribution in [2.24, 2.45) is 13.0 Å². The third-order valence-electron chi connectivity index (χ3n) is 10.1. The van der Waals surface area contributed by atoms with Crippen LogP contribution < -0.4 is 20.5 Å². The molecule has 1 saturated heterocycles. The van der Waals surface area contributed by atoms with Crippen LogP contribution in [0.25, 0.3) is 22.0 Å². The smallest absolute Gasteiger partial charge is 0.316 e. The monoisotopic (exact) mass is 793 g/mol. The van der Waals surface area contributed by atoms with Crippen molar-refractivity contribution >= 4 is 44.1 Å². The molecular formula is C38H41F2N7O8S. The van der Waals surface area contributed by atoms with E-state index in [-0.39, 0.29) is 53.5 Å². The zero-order valence-electron chi connectivity index (χ0n) is 31.4. The summed E-state index contributed by atoms with van der Waals surface area (Å²) in [5.74, 6) is -3.61. The maximum Gasteiger partial charge on any atom is 0.316 e. The number of carbonyl (C=O) groups excluding carboxylic acids is 2. The highest BCUT2D eigenvalue weighted by Crippen LogP contribution is 2.45. The van der Waals surface area contributed by atoms with Crippen LogP contribution in [0.4, 0.5) is 20.3 Å². The lowest BCUT2D eigenvalue weighted by molar-refractivity contribution is -0.144. The maximum absolute atomic E-state index is 15.5. The van der Waals surface area contributed by atoms with E-state index in [1.807, 2.05) is 13.8 Å². The van der Waals surface area contributed by atoms with Gasteiger partial charge in [0, 0.05) is 85.6 Å². The number of likely N-dealkylation sites (tertiary alicyclic amines) is 1. The Bertz CT molecular complexity index is 2510. The Morgan fingerprint density at radius 1 is 1.16 bits per heavy atom. The first-order valence-corrected chi connectivity index (χ1v) is 20.0. The lowest BCUT2D eigenvalue weighted by Gasteiger charge is -2.26. The first kappa shape index (κ1) is 38.6. The van der Waals surface area contributed by atoms with Crippen molar-refractivity contribution in [1.29, 1.82) is 0 Å². The van der Waals surface area contributed by atoms with Gasteiger partial charge in [-0.3, -0.25) is 19.3 Å². The first-order valence-electron chi connectivity index (χ1n) is 18.0. The number of methoxy groups -OCH3 is 1. The molecule has 1 unspecified atom stereocenters. The molecule has 1 aromatic carbocycles. The van der Waals surface area contributed by atoms with Gasteiger partial charge < -0.3 is 33.8 Å². The molecule has 1 amide bonds. The summed E-state index contributed by atoms with van der Waals surface area (Å²) in [4.78, 5) is 50.2. The molecule has 0 spiro atoms. The highest BCUT2D eigenvalue weighted by molar-refractivity contribution is 7.89. The predicted molar refractivity (Wildman–Crippen MR) is 201 cm³/mol. The number of aryl methyl sites for hydroxylation is 1. The molecule has 2 aliphatic rings. The molecule has 2 aliphatic heterocycles. The minimum atomic E-state index is -3.67. The molecule has 15 nitrogen and oxygen atoms in total. The lowest BCUT2D eigenvalue weighted by atomic mass is 9.93. The van der Waals surface area contributed by atoms with Crippen LogP contribution in [0.15, 0.2) is 52.2 Å². The van der Waals surface area contributed by atoms with Crippen LogP contribution in [0, 0.1) is 17.6 Å². The highest BCUT2D eigenvalue weighted by atomic mass is 32.2. The largest absolute Gasteiger partial charge is 0.474 e. The van der Waals surface area contributed by atoms with Crippen molar-refractivity contribution in [1.82, 2.24) is 29.9 Å². The van der Waals surface area contributed by atoms with E-state index < -0.39 is 45.0 Å². The number of sulfone groups is 1. The van der Waals surface area contributed by atoms with Crippen LogP contribution in [0.3, 0.4) is 0 Å². The van der Waals surface area contributed by atoms with Crippen molar-refractivity contribution in [3.8, 4) is 17.0 Å². The molecule has 0 aliphatic carbocycles. The van der Waals surface area contributed by atoms with Crippen LogP contribution in [0.2, 0.25) is 0 Å². The number of benzene rings is 1. The van der Waals surface area contributed by atoms with Crippen molar-refractivity contribution in [2.75, 3.05) is 44.5 Å². The number of hydrogen-bond acceptors (Lipinski definition) is 12. The number of hydrogen-bond donors (Lipinski definition) is 2. The first-order chi connectivity index (χ1) is 26.6. The number of amides is 1. The van der Waals surface area contributed by atoms with Crippen LogP contribution in [0.1, 0.15) is 53.4 Å². The van der Waals surface area contributed by atoms with Gasteiger partial charge in [-0.2, -0.15) is 0 Å². The number of ether oxygens (including phenoxy) is 2. The van der Waals surface area contributed by atoms with Gasteiger partial charge in [0.25, 0.3) is 17.3 Å². The van der Waals surface area contributed by atoms with E-state index in [4.69, 9.17) is 14.0 Å². The van der Waals surface area contributed by atoms with Gasteiger partial charge in [-0.05, 0) is 40.8 Å². The average molecular weight is 794 g/mol. The lowest BCUT2D eigenvalue weighted by Crippen LogP contribution is -2.38. The fourth-order valence-corrected chi connectivity index (χ4v) is 8.33. The Hall–Kier alpha value is -5.62. The second-order valence-electron chi connectivity index (χ2n) is 14.6. The summed E-state index contributed by atoms with van der Waals surface area (Å²) in [6, 6.07) is 5.08. The Morgan fingerprint density at radius 3 is 2.66 bits per heavy atom. The topological polar surface area (TPSA) is 182 Å². The molecule has 0 saturated carbocycles. The van der Waals surface area contributed by atoms with Crippen molar-refractivity contribution in [2.45, 2.75) is 44.5 Å². The average Bonchev–Trinajstić information content (AvgIpc) is 3.87. The Kier molecular flexibility index (Phi) is 10.4. The minimum Gasteiger partial charge on any atom is -0.474 e. The fourth-order valence-electron chi connectivity index (χ4n) is 7.52. The number of fused-ring (bicyclic) bond motifs is 2. The van der Waals surface area contributed by atoms with Gasteiger partial charge in [-0.25, -0.2) is 22.2 Å². The molecule has 1 fully saturated rings. The standard InChI is InChI=1S/C38H41F2N7O8S/c1-20(2)32(38(50)53-4)30-13-31(44-55-30)54-9-8-46-7-6-24(17-46)43-36(48)25-12-29-26(10-21(25)19-56(5,51)52)27-18-45(3)37(49)34-33(27)22(14-41-34)16-47(29)35-28(40)11-23(39)15-42-35/h10-15,18,20,24,32,41H,6-9,16-17,19H2,1-5H3,(H,43,48)/t24-,32?/m0/s1. The zero-order chi connectivity index (χ0) is 40.1. The number of anilines is 2. The number of aromatic amines is 1. The van der Waals surface area contributed by atoms with Crippen molar-refractivity contribution in [3.63, 3.8) is 0 Å². The molecule has 18 heteroatoms. The third-order valence-corrected chi connectivity index (χ3v) is 11.0. The van der Waals surface area contributed by atoms with Gasteiger partial charge in [0.05, 0.1) is 31.3 Å². The summed E-state index contributed by atoms with van der Waals surface area (Å²) >= 11 is 0. The predicted octanol–water partition coefficient (Wildman–Crippen LogP) is 4.19. The molecule has 56 heavy (non-hydrogen) atoms. The zero-order valence-corrected chi connectivity index (χ0v) is 32.2. The van der Waals surface area contributed by atoms with Gasteiger partial charge in [-0.1, -0.05) is 13.8 Å². The Balaban J connectivity index is 1.15. The van der Waals surface area contributed by atoms with Gasteiger partial charge in [-0.15, -0.1) is 0 Å². The van der Waals surface area contributed by atoms with Gasteiger partial charge in [0.2, 0.25) is 0 Å². The highest BCUT2D eigenvalue weighted by Gasteiger charge is 2.33. The van der Waals surface area contributed by atoms with Gasteiger partial charge >= 0.3 is 5.97 Å². The quantitative estimate of drug-likeness (QED) is 0.172. The van der Waals surface area contributed by atoms with E-state index in [0.717, 1.165) is 12.5 Å². The molecule has 2 N–H and O–H groups in total. The second-order valence-corrected chi connectivity index (χ2v) is 16.7. The second kappa shape index (κ2) is 15.1. The summed E-state index contributed by atoms with van der Waals surface area (Å²) in [5.41, 5.74) is 2.18. The van der Waals surface area contributed by atoms with Crippen LogP contribution in [-0.2, 0) is 38.7 Å². The van der Waals surface area contributed by atoms with Crippen LogP contribution in [-0.4, -0.2) is 90.5 Å². The van der Waals surface area contributed by atoms with Crippen LogP contribution in [0.5, 0.6) is 5.88 Å². The number of halogens is 2. The van der Waals surface area contributed by atoms with E-state index in [1.165, 1.54) is 22.6 Å². The Labute approximate surface area is 320 Å².